The summed E-state index contributed by atoms with van der Waals surface area (Å²) in [6.07, 6.45) is 2.09. The van der Waals surface area contributed by atoms with Crippen LogP contribution >= 0.6 is 15.9 Å². The van der Waals surface area contributed by atoms with Crippen molar-refractivity contribution in [3.63, 3.8) is 0 Å². The molecule has 0 radical (unpaired) electrons. The van der Waals surface area contributed by atoms with E-state index >= 15 is 0 Å². The van der Waals surface area contributed by atoms with E-state index in [0.717, 1.165) is 23.9 Å². The zero-order chi connectivity index (χ0) is 14.5. The summed E-state index contributed by atoms with van der Waals surface area (Å²) in [5.74, 6) is 0.490. The van der Waals surface area contributed by atoms with Crippen molar-refractivity contribution in [2.75, 3.05) is 6.54 Å². The summed E-state index contributed by atoms with van der Waals surface area (Å²) >= 11 is 3.53. The molecule has 2 N–H and O–H groups in total. The molecule has 0 amide bonds. The van der Waals surface area contributed by atoms with Crippen LogP contribution < -0.4 is 5.73 Å². The Labute approximate surface area is 130 Å². The van der Waals surface area contributed by atoms with Crippen LogP contribution in [-0.4, -0.2) is 6.54 Å². The van der Waals surface area contributed by atoms with Crippen molar-refractivity contribution >= 4 is 15.9 Å². The maximum Gasteiger partial charge on any atom is 0.0177 e. The predicted molar refractivity (Wildman–Crippen MR) is 90.0 cm³/mol. The van der Waals surface area contributed by atoms with Gasteiger partial charge in [0.25, 0.3) is 0 Å². The van der Waals surface area contributed by atoms with Gasteiger partial charge in [0, 0.05) is 4.47 Å². The zero-order valence-corrected chi connectivity index (χ0v) is 13.8. The minimum atomic E-state index is 0.490. The summed E-state index contributed by atoms with van der Waals surface area (Å²) in [7, 11) is 0. The van der Waals surface area contributed by atoms with Crippen LogP contribution in [0.4, 0.5) is 0 Å². The molecule has 1 unspecified atom stereocenters. The third-order valence-electron chi connectivity index (χ3n) is 3.88. The molecule has 0 aromatic heterocycles. The van der Waals surface area contributed by atoms with Crippen LogP contribution in [-0.2, 0) is 12.8 Å². The molecule has 0 spiro atoms. The average Bonchev–Trinajstić information content (AvgIpc) is 2.42. The van der Waals surface area contributed by atoms with Crippen molar-refractivity contribution in [2.45, 2.75) is 26.7 Å². The van der Waals surface area contributed by atoms with Crippen LogP contribution in [0, 0.1) is 19.8 Å². The lowest BCUT2D eigenvalue weighted by molar-refractivity contribution is 0.531. The first-order valence-corrected chi connectivity index (χ1v) is 7.89. The first kappa shape index (κ1) is 15.3. The topological polar surface area (TPSA) is 26.0 Å². The zero-order valence-electron chi connectivity index (χ0n) is 12.2. The van der Waals surface area contributed by atoms with Gasteiger partial charge in [0.2, 0.25) is 0 Å². The van der Waals surface area contributed by atoms with E-state index < -0.39 is 0 Å². The van der Waals surface area contributed by atoms with Crippen LogP contribution in [0.5, 0.6) is 0 Å². The molecule has 0 aliphatic carbocycles. The monoisotopic (exact) mass is 331 g/mol. The van der Waals surface area contributed by atoms with E-state index in [1.54, 1.807) is 0 Å². The van der Waals surface area contributed by atoms with Crippen LogP contribution in [0.2, 0.25) is 0 Å². The Morgan fingerprint density at radius 2 is 1.65 bits per heavy atom. The molecule has 1 atom stereocenters. The van der Waals surface area contributed by atoms with E-state index in [1.165, 1.54) is 22.3 Å². The van der Waals surface area contributed by atoms with Crippen molar-refractivity contribution in [2.24, 2.45) is 11.7 Å². The van der Waals surface area contributed by atoms with Gasteiger partial charge in [-0.05, 0) is 73.5 Å². The van der Waals surface area contributed by atoms with Gasteiger partial charge in [-0.25, -0.2) is 0 Å². The molecule has 0 bridgehead atoms. The van der Waals surface area contributed by atoms with Crippen LogP contribution in [0.25, 0.3) is 0 Å². The van der Waals surface area contributed by atoms with Gasteiger partial charge in [-0.2, -0.15) is 0 Å². The first-order valence-electron chi connectivity index (χ1n) is 7.09. The molecule has 0 aliphatic heterocycles. The molecular formula is C18H22BrN. The summed E-state index contributed by atoms with van der Waals surface area (Å²) in [5.41, 5.74) is 11.5. The molecular weight excluding hydrogens is 310 g/mol. The maximum atomic E-state index is 5.99. The standard InChI is InChI=1S/C18H22BrN/c1-13-5-3-6-14(2)18(13)11-16(12-20)9-15-7-4-8-17(19)10-15/h3-8,10,16H,9,11-12,20H2,1-2H3. The SMILES string of the molecule is Cc1cccc(C)c1CC(CN)Cc1cccc(Br)c1. The Balaban J connectivity index is 2.13. The van der Waals surface area contributed by atoms with Crippen LogP contribution in [0.3, 0.4) is 0 Å². The van der Waals surface area contributed by atoms with E-state index in [0.29, 0.717) is 5.92 Å². The van der Waals surface area contributed by atoms with Gasteiger partial charge in [0.05, 0.1) is 0 Å². The van der Waals surface area contributed by atoms with Crippen LogP contribution in [0.1, 0.15) is 22.3 Å². The first-order chi connectivity index (χ1) is 9.60. The lowest BCUT2D eigenvalue weighted by Crippen LogP contribution is -2.20. The number of halogens is 1. The van der Waals surface area contributed by atoms with Gasteiger partial charge in [0.15, 0.2) is 0 Å². The molecule has 2 rings (SSSR count). The summed E-state index contributed by atoms with van der Waals surface area (Å²) in [5, 5.41) is 0. The fourth-order valence-corrected chi connectivity index (χ4v) is 3.14. The molecule has 0 heterocycles. The van der Waals surface area contributed by atoms with Gasteiger partial charge >= 0.3 is 0 Å². The van der Waals surface area contributed by atoms with E-state index in [1.807, 2.05) is 0 Å². The molecule has 0 saturated heterocycles. The summed E-state index contributed by atoms with van der Waals surface area (Å²) in [6.45, 7) is 5.10. The molecule has 0 fully saturated rings. The van der Waals surface area contributed by atoms with Gasteiger partial charge < -0.3 is 5.73 Å². The summed E-state index contributed by atoms with van der Waals surface area (Å²) in [4.78, 5) is 0. The van der Waals surface area contributed by atoms with Crippen molar-refractivity contribution in [3.8, 4) is 0 Å². The second-order valence-corrected chi connectivity index (χ2v) is 6.43. The van der Waals surface area contributed by atoms with Crippen LogP contribution in [0.15, 0.2) is 46.9 Å². The molecule has 2 heteroatoms. The van der Waals surface area contributed by atoms with Gasteiger partial charge in [-0.1, -0.05) is 46.3 Å². The highest BCUT2D eigenvalue weighted by molar-refractivity contribution is 9.10. The fourth-order valence-electron chi connectivity index (χ4n) is 2.70. The van der Waals surface area contributed by atoms with Crippen molar-refractivity contribution < 1.29 is 0 Å². The molecule has 2 aromatic carbocycles. The largest absolute Gasteiger partial charge is 0.330 e. The second-order valence-electron chi connectivity index (χ2n) is 5.51. The highest BCUT2D eigenvalue weighted by Crippen LogP contribution is 2.21. The van der Waals surface area contributed by atoms with Crippen molar-refractivity contribution in [3.05, 3.63) is 69.2 Å². The Kier molecular flexibility index (Phi) is 5.38. The lowest BCUT2D eigenvalue weighted by Gasteiger charge is -2.18. The number of nitrogens with two attached hydrogens (primary N) is 1. The van der Waals surface area contributed by atoms with Gasteiger partial charge in [-0.15, -0.1) is 0 Å². The number of benzene rings is 2. The third-order valence-corrected chi connectivity index (χ3v) is 4.38. The Bertz CT molecular complexity index is 557. The van der Waals surface area contributed by atoms with E-state index in [4.69, 9.17) is 5.73 Å². The second kappa shape index (κ2) is 7.05. The molecule has 0 saturated carbocycles. The summed E-state index contributed by atoms with van der Waals surface area (Å²) in [6, 6.07) is 15.0. The molecule has 2 aromatic rings. The Morgan fingerprint density at radius 1 is 1.00 bits per heavy atom. The molecule has 0 aliphatic rings. The lowest BCUT2D eigenvalue weighted by atomic mass is 9.89. The summed E-state index contributed by atoms with van der Waals surface area (Å²) < 4.78 is 1.14. The van der Waals surface area contributed by atoms with E-state index in [2.05, 4.69) is 72.2 Å². The number of hydrogen-bond donors (Lipinski definition) is 1. The van der Waals surface area contributed by atoms with E-state index in [-0.39, 0.29) is 0 Å². The van der Waals surface area contributed by atoms with Gasteiger partial charge in [-0.3, -0.25) is 0 Å². The molecule has 1 nitrogen and oxygen atoms in total. The highest BCUT2D eigenvalue weighted by Gasteiger charge is 2.12. The fraction of sp³-hybridized carbons (Fsp3) is 0.333. The predicted octanol–water partition coefficient (Wildman–Crippen LogP) is 4.43. The third kappa shape index (κ3) is 3.94. The minimum absolute atomic E-state index is 0.490. The number of aryl methyl sites for hydroxylation is 2. The average molecular weight is 332 g/mol. The number of rotatable bonds is 5. The molecule has 106 valence electrons. The normalized spacial score (nSPS) is 12.4. The van der Waals surface area contributed by atoms with Gasteiger partial charge in [0.1, 0.15) is 0 Å². The van der Waals surface area contributed by atoms with Crippen molar-refractivity contribution in [1.82, 2.24) is 0 Å². The van der Waals surface area contributed by atoms with E-state index in [9.17, 15) is 0 Å². The smallest absolute Gasteiger partial charge is 0.0177 e. The highest BCUT2D eigenvalue weighted by atomic mass is 79.9. The molecule has 20 heavy (non-hydrogen) atoms. The maximum absolute atomic E-state index is 5.99. The quantitative estimate of drug-likeness (QED) is 0.861. The Morgan fingerprint density at radius 3 is 2.25 bits per heavy atom. The Hall–Kier alpha value is -1.12. The number of hydrogen-bond acceptors (Lipinski definition) is 1. The minimum Gasteiger partial charge on any atom is -0.330 e. The van der Waals surface area contributed by atoms with Crippen molar-refractivity contribution in [1.29, 1.82) is 0 Å².